The molecule has 1 N–H and O–H groups in total. The lowest BCUT2D eigenvalue weighted by atomic mass is 10.0. The molecule has 1 fully saturated rings. The lowest BCUT2D eigenvalue weighted by molar-refractivity contribution is -0.122. The van der Waals surface area contributed by atoms with E-state index in [0.717, 1.165) is 43.7 Å². The number of carbonyl (C=O) groups is 1. The number of nitrogens with one attached hydrogen (secondary N) is 1. The number of hydrogen-bond donors (Lipinski definition) is 1. The highest BCUT2D eigenvalue weighted by Gasteiger charge is 2.21. The molecule has 0 bridgehead atoms. The summed E-state index contributed by atoms with van der Waals surface area (Å²) in [6, 6.07) is 13.7. The molecule has 0 aliphatic carbocycles. The number of aryl methyl sites for hydroxylation is 1. The molecule has 1 aromatic carbocycles. The van der Waals surface area contributed by atoms with Gasteiger partial charge in [0.05, 0.1) is 16.9 Å². The Morgan fingerprint density at radius 1 is 1.13 bits per heavy atom. The summed E-state index contributed by atoms with van der Waals surface area (Å²) in [7, 11) is 0. The molecule has 1 aliphatic heterocycles. The summed E-state index contributed by atoms with van der Waals surface area (Å²) in [5.41, 5.74) is 1.89. The Balaban J connectivity index is 1.20. The third-order valence-corrected chi connectivity index (χ3v) is 5.65. The van der Waals surface area contributed by atoms with Gasteiger partial charge in [0.2, 0.25) is 5.91 Å². The third-order valence-electron chi connectivity index (χ3n) is 5.32. The molecule has 1 amide bonds. The smallest absolute Gasteiger partial charge is 0.220 e. The molecule has 1 saturated heterocycles. The molecule has 0 radical (unpaired) electrons. The molecule has 7 heteroatoms. The van der Waals surface area contributed by atoms with Crippen molar-refractivity contribution in [2.45, 2.75) is 38.3 Å². The molecular weight excluding hydrogens is 400 g/mol. The van der Waals surface area contributed by atoms with E-state index in [-0.39, 0.29) is 11.9 Å². The van der Waals surface area contributed by atoms with Gasteiger partial charge >= 0.3 is 0 Å². The van der Waals surface area contributed by atoms with Crippen LogP contribution in [0, 0.1) is 0 Å². The third kappa shape index (κ3) is 5.46. The second-order valence-electron chi connectivity index (χ2n) is 7.54. The van der Waals surface area contributed by atoms with Crippen LogP contribution in [0.5, 0.6) is 0 Å². The molecule has 0 atom stereocenters. The number of aromatic nitrogens is 2. The summed E-state index contributed by atoms with van der Waals surface area (Å²) in [6.07, 6.45) is 6.22. The van der Waals surface area contributed by atoms with E-state index in [2.05, 4.69) is 20.2 Å². The molecule has 1 aliphatic rings. The van der Waals surface area contributed by atoms with Crippen LogP contribution in [0.15, 0.2) is 59.3 Å². The highest BCUT2D eigenvalue weighted by molar-refractivity contribution is 6.33. The number of benzene rings is 1. The van der Waals surface area contributed by atoms with Gasteiger partial charge in [-0.2, -0.15) is 0 Å². The highest BCUT2D eigenvalue weighted by Crippen LogP contribution is 2.28. The van der Waals surface area contributed by atoms with Crippen molar-refractivity contribution in [2.24, 2.45) is 0 Å². The van der Waals surface area contributed by atoms with Crippen molar-refractivity contribution >= 4 is 17.5 Å². The average Bonchev–Trinajstić information content (AvgIpc) is 3.24. The second-order valence-corrected chi connectivity index (χ2v) is 7.94. The number of halogens is 1. The van der Waals surface area contributed by atoms with E-state index < -0.39 is 0 Å². The maximum Gasteiger partial charge on any atom is 0.220 e. The molecule has 6 nitrogen and oxygen atoms in total. The number of hydrogen-bond acceptors (Lipinski definition) is 5. The number of carbonyl (C=O) groups excluding carboxylic acids is 1. The molecule has 3 aromatic rings. The SMILES string of the molecule is O=C(CCc1ncc(-c2ccccc2Cl)o1)NC1CCN(Cc2ccccn2)CC1. The highest BCUT2D eigenvalue weighted by atomic mass is 35.5. The van der Waals surface area contributed by atoms with Crippen LogP contribution in [0.1, 0.15) is 30.8 Å². The first-order chi connectivity index (χ1) is 14.7. The summed E-state index contributed by atoms with van der Waals surface area (Å²) in [5, 5.41) is 3.77. The summed E-state index contributed by atoms with van der Waals surface area (Å²) >= 11 is 6.20. The van der Waals surface area contributed by atoms with Gasteiger partial charge in [-0.25, -0.2) is 4.98 Å². The molecule has 3 heterocycles. The zero-order valence-electron chi connectivity index (χ0n) is 16.8. The molecular formula is C23H25ClN4O2. The van der Waals surface area contributed by atoms with Crippen LogP contribution in [-0.2, 0) is 17.8 Å². The minimum atomic E-state index is 0.0377. The number of piperidine rings is 1. The summed E-state index contributed by atoms with van der Waals surface area (Å²) in [5.74, 6) is 1.21. The minimum absolute atomic E-state index is 0.0377. The van der Waals surface area contributed by atoms with Crippen LogP contribution in [0.25, 0.3) is 11.3 Å². The van der Waals surface area contributed by atoms with E-state index in [1.807, 2.05) is 48.7 Å². The van der Waals surface area contributed by atoms with Gasteiger partial charge in [-0.05, 0) is 37.1 Å². The predicted molar refractivity (Wildman–Crippen MR) is 116 cm³/mol. The van der Waals surface area contributed by atoms with Crippen LogP contribution >= 0.6 is 11.6 Å². The average molecular weight is 425 g/mol. The quantitative estimate of drug-likeness (QED) is 0.618. The van der Waals surface area contributed by atoms with Gasteiger partial charge in [0.15, 0.2) is 11.7 Å². The van der Waals surface area contributed by atoms with Crippen molar-refractivity contribution in [1.82, 2.24) is 20.2 Å². The van der Waals surface area contributed by atoms with Crippen LogP contribution in [-0.4, -0.2) is 39.9 Å². The van der Waals surface area contributed by atoms with Gasteiger partial charge in [-0.15, -0.1) is 0 Å². The molecule has 0 spiro atoms. The van der Waals surface area contributed by atoms with Crippen LogP contribution in [0.4, 0.5) is 0 Å². The standard InChI is InChI=1S/C23H25ClN4O2/c24-20-7-2-1-6-19(20)21-15-26-23(30-21)9-8-22(29)27-17-10-13-28(14-11-17)16-18-5-3-4-12-25-18/h1-7,12,15,17H,8-11,13-14,16H2,(H,27,29). The van der Waals surface area contributed by atoms with Gasteiger partial charge in [-0.3, -0.25) is 14.7 Å². The maximum absolute atomic E-state index is 12.4. The monoisotopic (exact) mass is 424 g/mol. The van der Waals surface area contributed by atoms with E-state index in [0.29, 0.717) is 29.5 Å². The van der Waals surface area contributed by atoms with Crippen LogP contribution in [0.3, 0.4) is 0 Å². The minimum Gasteiger partial charge on any atom is -0.441 e. The van der Waals surface area contributed by atoms with E-state index >= 15 is 0 Å². The topological polar surface area (TPSA) is 71.3 Å². The second kappa shape index (κ2) is 9.87. The fourth-order valence-corrected chi connectivity index (χ4v) is 3.92. The largest absolute Gasteiger partial charge is 0.441 e. The molecule has 0 saturated carbocycles. The molecule has 30 heavy (non-hydrogen) atoms. The van der Waals surface area contributed by atoms with Crippen molar-refractivity contribution in [3.05, 3.63) is 71.5 Å². The summed E-state index contributed by atoms with van der Waals surface area (Å²) in [4.78, 5) is 23.4. The first kappa shape index (κ1) is 20.6. The number of likely N-dealkylation sites (tertiary alicyclic amines) is 1. The lowest BCUT2D eigenvalue weighted by Gasteiger charge is -2.32. The van der Waals surface area contributed by atoms with E-state index in [4.69, 9.17) is 16.0 Å². The zero-order chi connectivity index (χ0) is 20.8. The van der Waals surface area contributed by atoms with Gasteiger partial charge < -0.3 is 9.73 Å². The Morgan fingerprint density at radius 3 is 2.70 bits per heavy atom. The number of amides is 1. The van der Waals surface area contributed by atoms with Crippen molar-refractivity contribution in [2.75, 3.05) is 13.1 Å². The van der Waals surface area contributed by atoms with Crippen molar-refractivity contribution in [1.29, 1.82) is 0 Å². The lowest BCUT2D eigenvalue weighted by Crippen LogP contribution is -2.44. The Kier molecular flexibility index (Phi) is 6.77. The Hall–Kier alpha value is -2.70. The summed E-state index contributed by atoms with van der Waals surface area (Å²) in [6.45, 7) is 2.78. The number of nitrogens with zero attached hydrogens (tertiary/aromatic N) is 3. The van der Waals surface area contributed by atoms with Gasteiger partial charge in [0.25, 0.3) is 0 Å². The van der Waals surface area contributed by atoms with Crippen molar-refractivity contribution < 1.29 is 9.21 Å². The summed E-state index contributed by atoms with van der Waals surface area (Å²) < 4.78 is 5.77. The number of rotatable bonds is 7. The van der Waals surface area contributed by atoms with Gasteiger partial charge in [0.1, 0.15) is 0 Å². The molecule has 4 rings (SSSR count). The Bertz CT molecular complexity index is 968. The molecule has 156 valence electrons. The number of oxazole rings is 1. The fourth-order valence-electron chi connectivity index (χ4n) is 3.69. The molecule has 0 unspecified atom stereocenters. The Morgan fingerprint density at radius 2 is 1.93 bits per heavy atom. The van der Waals surface area contributed by atoms with E-state index in [1.54, 1.807) is 6.20 Å². The van der Waals surface area contributed by atoms with Crippen LogP contribution in [0.2, 0.25) is 5.02 Å². The van der Waals surface area contributed by atoms with Crippen molar-refractivity contribution in [3.8, 4) is 11.3 Å². The predicted octanol–water partition coefficient (Wildman–Crippen LogP) is 4.10. The maximum atomic E-state index is 12.4. The molecule has 2 aromatic heterocycles. The van der Waals surface area contributed by atoms with E-state index in [1.165, 1.54) is 0 Å². The van der Waals surface area contributed by atoms with Crippen molar-refractivity contribution in [3.63, 3.8) is 0 Å². The van der Waals surface area contributed by atoms with E-state index in [9.17, 15) is 4.79 Å². The Labute approximate surface area is 181 Å². The van der Waals surface area contributed by atoms with Gasteiger partial charge in [0, 0.05) is 50.3 Å². The fraction of sp³-hybridized carbons (Fsp3) is 0.348. The number of pyridine rings is 1. The zero-order valence-corrected chi connectivity index (χ0v) is 17.5. The van der Waals surface area contributed by atoms with Gasteiger partial charge in [-0.1, -0.05) is 29.8 Å². The normalized spacial score (nSPS) is 15.2. The first-order valence-electron chi connectivity index (χ1n) is 10.3. The van der Waals surface area contributed by atoms with Crippen LogP contribution < -0.4 is 5.32 Å². The first-order valence-corrected chi connectivity index (χ1v) is 10.7.